The molecule has 0 saturated heterocycles. The van der Waals surface area contributed by atoms with E-state index in [9.17, 15) is 0 Å². The van der Waals surface area contributed by atoms with Gasteiger partial charge >= 0.3 is 11.5 Å². The Balaban J connectivity index is 1.66. The number of hydrogen-bond donors (Lipinski definition) is 0. The van der Waals surface area contributed by atoms with Gasteiger partial charge in [0.15, 0.2) is 0 Å². The third kappa shape index (κ3) is 3.66. The van der Waals surface area contributed by atoms with Crippen molar-refractivity contribution in [1.29, 1.82) is 0 Å². The van der Waals surface area contributed by atoms with E-state index in [0.29, 0.717) is 5.89 Å². The zero-order valence-corrected chi connectivity index (χ0v) is 18.0. The minimum absolute atomic E-state index is 0.626. The summed E-state index contributed by atoms with van der Waals surface area (Å²) in [6, 6.07) is 23.1. The molecule has 1 aliphatic heterocycles. The number of rotatable bonds is 5. The van der Waals surface area contributed by atoms with E-state index in [1.807, 2.05) is 29.9 Å². The molecular formula is C27H26N3O+. The zero-order chi connectivity index (χ0) is 21.2. The molecule has 0 fully saturated rings. The summed E-state index contributed by atoms with van der Waals surface area (Å²) in [5.74, 6) is 0.626. The number of fused-ring (bicyclic) bond motifs is 2. The second-order valence-electron chi connectivity index (χ2n) is 7.89. The molecular weight excluding hydrogens is 382 g/mol. The van der Waals surface area contributed by atoms with Crippen molar-refractivity contribution in [2.75, 3.05) is 4.90 Å². The van der Waals surface area contributed by atoms with Gasteiger partial charge in [-0.3, -0.25) is 0 Å². The number of unbranched alkanes of at least 4 members (excludes halogenated alkanes) is 1. The van der Waals surface area contributed by atoms with Gasteiger partial charge in [-0.25, -0.2) is 4.57 Å². The molecule has 0 aliphatic carbocycles. The number of hydrogen-bond acceptors (Lipinski definition) is 3. The van der Waals surface area contributed by atoms with Gasteiger partial charge in [0.2, 0.25) is 5.58 Å². The van der Waals surface area contributed by atoms with E-state index in [0.717, 1.165) is 36.1 Å². The Bertz CT molecular complexity index is 1280. The lowest BCUT2D eigenvalue weighted by Gasteiger charge is -2.33. The summed E-state index contributed by atoms with van der Waals surface area (Å²) >= 11 is 0. The third-order valence-corrected chi connectivity index (χ3v) is 5.69. The van der Waals surface area contributed by atoms with Gasteiger partial charge in [-0.15, -0.1) is 0 Å². The van der Waals surface area contributed by atoms with Crippen LogP contribution in [0.4, 0.5) is 11.4 Å². The quantitative estimate of drug-likeness (QED) is 0.357. The number of aromatic nitrogens is 2. The van der Waals surface area contributed by atoms with Crippen LogP contribution in [0.3, 0.4) is 0 Å². The van der Waals surface area contributed by atoms with Crippen molar-refractivity contribution in [3.05, 3.63) is 96.2 Å². The van der Waals surface area contributed by atoms with E-state index in [4.69, 9.17) is 9.40 Å². The number of oxazole rings is 1. The fourth-order valence-corrected chi connectivity index (χ4v) is 4.16. The highest BCUT2D eigenvalue weighted by Crippen LogP contribution is 2.42. The van der Waals surface area contributed by atoms with Crippen LogP contribution in [0.1, 0.15) is 37.6 Å². The maximum Gasteiger partial charge on any atom is 0.370 e. The van der Waals surface area contributed by atoms with Gasteiger partial charge in [0.1, 0.15) is 0 Å². The van der Waals surface area contributed by atoms with Crippen molar-refractivity contribution >= 4 is 34.3 Å². The molecule has 0 unspecified atom stereocenters. The first-order valence-corrected chi connectivity index (χ1v) is 10.9. The lowest BCUT2D eigenvalue weighted by molar-refractivity contribution is -0.646. The fraction of sp³-hybridized carbons (Fsp3) is 0.185. The Hall–Kier alpha value is -3.66. The van der Waals surface area contributed by atoms with Crippen LogP contribution >= 0.6 is 0 Å². The minimum atomic E-state index is 0.626. The van der Waals surface area contributed by atoms with E-state index in [1.54, 1.807) is 0 Å². The Labute approximate surface area is 182 Å². The van der Waals surface area contributed by atoms with Crippen molar-refractivity contribution in [2.45, 2.75) is 26.2 Å². The average Bonchev–Trinajstić information content (AvgIpc) is 3.22. The van der Waals surface area contributed by atoms with E-state index in [-0.39, 0.29) is 0 Å². The minimum Gasteiger partial charge on any atom is -0.411 e. The molecule has 3 heterocycles. The molecule has 0 radical (unpaired) electrons. The second-order valence-corrected chi connectivity index (χ2v) is 7.89. The number of allylic oxidation sites excluding steroid dienone is 3. The first-order valence-electron chi connectivity index (χ1n) is 10.9. The first kappa shape index (κ1) is 19.3. The second kappa shape index (κ2) is 8.23. The van der Waals surface area contributed by atoms with Crippen LogP contribution in [0, 0.1) is 0 Å². The molecule has 4 heteroatoms. The van der Waals surface area contributed by atoms with Crippen LogP contribution in [0.25, 0.3) is 22.9 Å². The highest BCUT2D eigenvalue weighted by atomic mass is 16.3. The molecule has 0 N–H and O–H groups in total. The first-order chi connectivity index (χ1) is 15.2. The molecule has 31 heavy (non-hydrogen) atoms. The molecule has 4 aromatic rings. The molecule has 2 aromatic heterocycles. The van der Waals surface area contributed by atoms with Crippen LogP contribution in [-0.2, 0) is 7.05 Å². The number of pyridine rings is 1. The van der Waals surface area contributed by atoms with Crippen molar-refractivity contribution in [1.82, 2.24) is 4.98 Å². The van der Waals surface area contributed by atoms with Crippen LogP contribution in [-0.4, -0.2) is 4.98 Å². The number of nitrogens with zero attached hydrogens (tertiary/aromatic N) is 3. The van der Waals surface area contributed by atoms with E-state index < -0.39 is 0 Å². The van der Waals surface area contributed by atoms with Gasteiger partial charge in [-0.1, -0.05) is 49.7 Å². The van der Waals surface area contributed by atoms with Crippen molar-refractivity contribution in [3.63, 3.8) is 0 Å². The molecule has 0 spiro atoms. The van der Waals surface area contributed by atoms with Crippen molar-refractivity contribution in [2.24, 2.45) is 7.05 Å². The normalized spacial score (nSPS) is 14.7. The number of aryl methyl sites for hydroxylation is 1. The molecule has 0 amide bonds. The monoisotopic (exact) mass is 408 g/mol. The lowest BCUT2D eigenvalue weighted by Crippen LogP contribution is -2.28. The van der Waals surface area contributed by atoms with Gasteiger partial charge in [-0.05, 0) is 54.8 Å². The van der Waals surface area contributed by atoms with Crippen LogP contribution < -0.4 is 9.47 Å². The summed E-state index contributed by atoms with van der Waals surface area (Å²) in [4.78, 5) is 7.10. The van der Waals surface area contributed by atoms with Gasteiger partial charge in [0.25, 0.3) is 0 Å². The molecule has 5 rings (SSSR count). The van der Waals surface area contributed by atoms with Gasteiger partial charge in [0.05, 0.1) is 18.9 Å². The maximum absolute atomic E-state index is 6.04. The molecule has 154 valence electrons. The van der Waals surface area contributed by atoms with E-state index >= 15 is 0 Å². The molecule has 1 aliphatic rings. The van der Waals surface area contributed by atoms with E-state index in [1.165, 1.54) is 22.6 Å². The summed E-state index contributed by atoms with van der Waals surface area (Å²) < 4.78 is 8.02. The van der Waals surface area contributed by atoms with Gasteiger partial charge in [-0.2, -0.15) is 0 Å². The average molecular weight is 409 g/mol. The molecule has 0 bridgehead atoms. The third-order valence-electron chi connectivity index (χ3n) is 5.69. The highest BCUT2D eigenvalue weighted by Gasteiger charge is 2.25. The Kier molecular flexibility index (Phi) is 5.13. The summed E-state index contributed by atoms with van der Waals surface area (Å²) in [7, 11) is 1.98. The number of anilines is 2. The molecule has 2 aromatic carbocycles. The Morgan fingerprint density at radius 2 is 1.81 bits per heavy atom. The fourth-order valence-electron chi connectivity index (χ4n) is 4.16. The van der Waals surface area contributed by atoms with Gasteiger partial charge in [0, 0.05) is 28.0 Å². The van der Waals surface area contributed by atoms with Crippen LogP contribution in [0.5, 0.6) is 0 Å². The number of benzene rings is 2. The Morgan fingerprint density at radius 1 is 1.00 bits per heavy atom. The molecule has 0 atom stereocenters. The summed E-state index contributed by atoms with van der Waals surface area (Å²) in [5, 5.41) is 0. The summed E-state index contributed by atoms with van der Waals surface area (Å²) in [6.45, 7) is 2.24. The van der Waals surface area contributed by atoms with Crippen LogP contribution in [0.2, 0.25) is 0 Å². The smallest absolute Gasteiger partial charge is 0.370 e. The number of para-hydroxylation sites is 2. The topological polar surface area (TPSA) is 33.1 Å². The predicted molar refractivity (Wildman–Crippen MR) is 126 cm³/mol. The predicted octanol–water partition coefficient (Wildman–Crippen LogP) is 6.42. The maximum atomic E-state index is 6.04. The lowest BCUT2D eigenvalue weighted by atomic mass is 9.94. The largest absolute Gasteiger partial charge is 0.411 e. The Morgan fingerprint density at radius 3 is 2.61 bits per heavy atom. The van der Waals surface area contributed by atoms with E-state index in [2.05, 4.69) is 78.6 Å². The molecule has 4 nitrogen and oxygen atoms in total. The van der Waals surface area contributed by atoms with Gasteiger partial charge < -0.3 is 9.32 Å². The van der Waals surface area contributed by atoms with Crippen LogP contribution in [0.15, 0.2) is 89.1 Å². The summed E-state index contributed by atoms with van der Waals surface area (Å²) in [6.07, 6.45) is 9.65. The molecule has 0 saturated carbocycles. The van der Waals surface area contributed by atoms with Crippen molar-refractivity contribution in [3.8, 4) is 0 Å². The zero-order valence-electron chi connectivity index (χ0n) is 18.0. The standard InChI is InChI=1S/C27H26N3O/c1-3-4-11-22-18-20(19-26-28-27-25(31-26)16-10-17-29(27)2)23-14-8-9-15-24(23)30(22)21-12-6-5-7-13-21/h5-10,12-19H,3-4,11H2,1-2H3/q+1. The SMILES string of the molecule is CCCCC1=C/C(=C\c2nc3c(ccc[n+]3C)o2)c2ccccc2N1c1ccccc1. The highest BCUT2D eigenvalue weighted by molar-refractivity contribution is 5.97. The summed E-state index contributed by atoms with van der Waals surface area (Å²) in [5.41, 5.74) is 7.61. The van der Waals surface area contributed by atoms with Crippen molar-refractivity contribution < 1.29 is 8.98 Å².